The Morgan fingerprint density at radius 3 is 1.21 bits per heavy atom. The van der Waals surface area contributed by atoms with Gasteiger partial charge in [-0.05, 0) is 80.8 Å². The van der Waals surface area contributed by atoms with Crippen LogP contribution in [0.2, 0.25) is 0 Å². The molecule has 0 saturated carbocycles. The van der Waals surface area contributed by atoms with E-state index in [-0.39, 0.29) is 11.1 Å². The van der Waals surface area contributed by atoms with E-state index in [0.29, 0.717) is 0 Å². The highest BCUT2D eigenvalue weighted by molar-refractivity contribution is 6.07. The number of carboxylic acid groups (broad SMARTS) is 2. The third-order valence-corrected chi connectivity index (χ3v) is 4.24. The quantitative estimate of drug-likeness (QED) is 0.532. The molecule has 0 saturated heterocycles. The Morgan fingerprint density at radius 2 is 0.833 bits per heavy atom. The lowest BCUT2D eigenvalue weighted by atomic mass is 9.98. The first-order chi connectivity index (χ1) is 11.5. The van der Waals surface area contributed by atoms with Crippen molar-refractivity contribution in [2.24, 2.45) is 0 Å². The van der Waals surface area contributed by atoms with E-state index < -0.39 is 11.9 Å². The molecular formula is C20H12O4. The second-order valence-corrected chi connectivity index (χ2v) is 5.79. The fourth-order valence-electron chi connectivity index (χ4n) is 3.02. The molecule has 4 aromatic carbocycles. The van der Waals surface area contributed by atoms with Crippen LogP contribution in [0.1, 0.15) is 20.7 Å². The second-order valence-electron chi connectivity index (χ2n) is 5.79. The summed E-state index contributed by atoms with van der Waals surface area (Å²) in [7, 11) is 0. The average Bonchev–Trinajstić information content (AvgIpc) is 2.56. The number of rotatable bonds is 2. The fourth-order valence-corrected chi connectivity index (χ4v) is 3.02. The van der Waals surface area contributed by atoms with Gasteiger partial charge in [-0.25, -0.2) is 9.59 Å². The minimum atomic E-state index is -0.957. The minimum absolute atomic E-state index is 0.246. The predicted molar refractivity (Wildman–Crippen MR) is 92.9 cm³/mol. The molecule has 24 heavy (non-hydrogen) atoms. The number of hydrogen-bond donors (Lipinski definition) is 2. The van der Waals surface area contributed by atoms with Crippen LogP contribution in [0.4, 0.5) is 0 Å². The Balaban J connectivity index is 2.01. The number of carboxylic acids is 2. The monoisotopic (exact) mass is 316 g/mol. The molecule has 4 rings (SSSR count). The molecule has 0 aliphatic heterocycles. The Hall–Kier alpha value is -3.40. The maximum atomic E-state index is 11.1. The van der Waals surface area contributed by atoms with Crippen LogP contribution in [0.5, 0.6) is 0 Å². The molecule has 4 heteroatoms. The average molecular weight is 316 g/mol. The molecule has 0 unspecified atom stereocenters. The van der Waals surface area contributed by atoms with Gasteiger partial charge in [0.1, 0.15) is 0 Å². The summed E-state index contributed by atoms with van der Waals surface area (Å²) in [4.78, 5) is 22.3. The van der Waals surface area contributed by atoms with Gasteiger partial charge in [-0.3, -0.25) is 0 Å². The van der Waals surface area contributed by atoms with Crippen LogP contribution < -0.4 is 0 Å². The molecule has 0 bridgehead atoms. The van der Waals surface area contributed by atoms with Crippen LogP contribution in [-0.2, 0) is 0 Å². The number of hydrogen-bond acceptors (Lipinski definition) is 2. The third-order valence-electron chi connectivity index (χ3n) is 4.24. The predicted octanol–water partition coefficient (Wildman–Crippen LogP) is 4.54. The summed E-state index contributed by atoms with van der Waals surface area (Å²) in [5.41, 5.74) is 0.492. The van der Waals surface area contributed by atoms with Crippen molar-refractivity contribution >= 4 is 44.3 Å². The van der Waals surface area contributed by atoms with Crippen LogP contribution >= 0.6 is 0 Å². The molecule has 2 N–H and O–H groups in total. The van der Waals surface area contributed by atoms with Crippen molar-refractivity contribution in [2.45, 2.75) is 0 Å². The number of carbonyl (C=O) groups is 2. The SMILES string of the molecule is O=C(O)c1ccc2cc3cc4ccc(C(=O)O)cc4cc3cc2c1. The van der Waals surface area contributed by atoms with E-state index in [1.807, 2.05) is 24.3 Å². The van der Waals surface area contributed by atoms with Crippen LogP contribution in [-0.4, -0.2) is 22.2 Å². The van der Waals surface area contributed by atoms with Gasteiger partial charge >= 0.3 is 11.9 Å². The molecule has 0 atom stereocenters. The second kappa shape index (κ2) is 5.06. The first kappa shape index (κ1) is 14.2. The highest BCUT2D eigenvalue weighted by atomic mass is 16.4. The Labute approximate surface area is 136 Å². The summed E-state index contributed by atoms with van der Waals surface area (Å²) in [6.07, 6.45) is 0. The maximum absolute atomic E-state index is 11.1. The van der Waals surface area contributed by atoms with Crippen molar-refractivity contribution in [2.75, 3.05) is 0 Å². The molecule has 0 aliphatic carbocycles. The van der Waals surface area contributed by atoms with E-state index in [2.05, 4.69) is 0 Å². The van der Waals surface area contributed by atoms with E-state index in [1.165, 1.54) is 0 Å². The lowest BCUT2D eigenvalue weighted by Gasteiger charge is -2.07. The van der Waals surface area contributed by atoms with Crippen LogP contribution in [0.15, 0.2) is 60.7 Å². The van der Waals surface area contributed by atoms with Crippen molar-refractivity contribution in [1.82, 2.24) is 0 Å². The van der Waals surface area contributed by atoms with Gasteiger partial charge in [0.15, 0.2) is 0 Å². The maximum Gasteiger partial charge on any atom is 0.335 e. The standard InChI is InChI=1S/C20H12O4/c21-19(22)13-3-1-11-5-17-6-12-2-4-14(20(23)24)8-16(12)10-18(17)9-15(11)7-13/h1-10H,(H,21,22)(H,23,24). The van der Waals surface area contributed by atoms with Gasteiger partial charge in [-0.2, -0.15) is 0 Å². The zero-order valence-electron chi connectivity index (χ0n) is 12.5. The molecule has 0 heterocycles. The highest BCUT2D eigenvalue weighted by Crippen LogP contribution is 2.28. The van der Waals surface area contributed by atoms with E-state index in [4.69, 9.17) is 10.2 Å². The lowest BCUT2D eigenvalue weighted by molar-refractivity contribution is 0.0686. The normalized spacial score (nSPS) is 11.2. The molecule has 0 aromatic heterocycles. The van der Waals surface area contributed by atoms with Crippen molar-refractivity contribution < 1.29 is 19.8 Å². The Kier molecular flexibility index (Phi) is 3.00. The number of benzene rings is 4. The van der Waals surface area contributed by atoms with Crippen LogP contribution in [0.3, 0.4) is 0 Å². The largest absolute Gasteiger partial charge is 0.478 e. The van der Waals surface area contributed by atoms with Gasteiger partial charge in [0.2, 0.25) is 0 Å². The van der Waals surface area contributed by atoms with Gasteiger partial charge in [0.05, 0.1) is 11.1 Å². The zero-order valence-corrected chi connectivity index (χ0v) is 12.5. The molecule has 0 spiro atoms. The topological polar surface area (TPSA) is 74.6 Å². The van der Waals surface area contributed by atoms with Crippen molar-refractivity contribution in [3.63, 3.8) is 0 Å². The van der Waals surface area contributed by atoms with E-state index >= 15 is 0 Å². The third kappa shape index (κ3) is 2.25. The van der Waals surface area contributed by atoms with Gasteiger partial charge in [0.25, 0.3) is 0 Å². The molecule has 0 radical (unpaired) electrons. The summed E-state index contributed by atoms with van der Waals surface area (Å²) in [5, 5.41) is 23.8. The fraction of sp³-hybridized carbons (Fsp3) is 0. The van der Waals surface area contributed by atoms with Crippen molar-refractivity contribution in [3.05, 3.63) is 71.8 Å². The molecule has 4 aromatic rings. The van der Waals surface area contributed by atoms with E-state index in [9.17, 15) is 9.59 Å². The first-order valence-electron chi connectivity index (χ1n) is 7.39. The van der Waals surface area contributed by atoms with Gasteiger partial charge in [-0.15, -0.1) is 0 Å². The highest BCUT2D eigenvalue weighted by Gasteiger charge is 2.07. The van der Waals surface area contributed by atoms with Crippen LogP contribution in [0.25, 0.3) is 32.3 Å². The van der Waals surface area contributed by atoms with E-state index in [1.54, 1.807) is 36.4 Å². The minimum Gasteiger partial charge on any atom is -0.478 e. The van der Waals surface area contributed by atoms with Crippen LogP contribution in [0, 0.1) is 0 Å². The zero-order chi connectivity index (χ0) is 16.8. The Morgan fingerprint density at radius 1 is 0.500 bits per heavy atom. The molecule has 0 amide bonds. The van der Waals surface area contributed by atoms with Gasteiger partial charge in [0, 0.05) is 0 Å². The smallest absolute Gasteiger partial charge is 0.335 e. The molecule has 116 valence electrons. The number of aromatic carboxylic acids is 2. The summed E-state index contributed by atoms with van der Waals surface area (Å²) < 4.78 is 0. The summed E-state index contributed by atoms with van der Waals surface area (Å²) in [6.45, 7) is 0. The first-order valence-corrected chi connectivity index (χ1v) is 7.39. The molecule has 0 fully saturated rings. The Bertz CT molecular complexity index is 1070. The van der Waals surface area contributed by atoms with Crippen molar-refractivity contribution in [3.8, 4) is 0 Å². The molecular weight excluding hydrogens is 304 g/mol. The number of fused-ring (bicyclic) bond motifs is 3. The lowest BCUT2D eigenvalue weighted by Crippen LogP contribution is -1.95. The summed E-state index contributed by atoms with van der Waals surface area (Å²) in [6, 6.07) is 18.0. The summed E-state index contributed by atoms with van der Waals surface area (Å²) >= 11 is 0. The van der Waals surface area contributed by atoms with Gasteiger partial charge in [-0.1, -0.05) is 12.1 Å². The van der Waals surface area contributed by atoms with Crippen molar-refractivity contribution in [1.29, 1.82) is 0 Å². The summed E-state index contributed by atoms with van der Waals surface area (Å²) in [5.74, 6) is -1.91. The van der Waals surface area contributed by atoms with E-state index in [0.717, 1.165) is 32.3 Å². The molecule has 4 nitrogen and oxygen atoms in total. The molecule has 0 aliphatic rings. The van der Waals surface area contributed by atoms with Gasteiger partial charge < -0.3 is 10.2 Å².